The maximum atomic E-state index is 11.0. The number of rotatable bonds is 8. The van der Waals surface area contributed by atoms with Gasteiger partial charge in [0, 0.05) is 13.0 Å². The molecule has 0 aliphatic carbocycles. The van der Waals surface area contributed by atoms with Crippen molar-refractivity contribution < 1.29 is 19.8 Å². The molecule has 0 saturated heterocycles. The van der Waals surface area contributed by atoms with Gasteiger partial charge in [-0.15, -0.1) is 0 Å². The van der Waals surface area contributed by atoms with E-state index in [-0.39, 0.29) is 6.42 Å². The van der Waals surface area contributed by atoms with E-state index in [1.165, 1.54) is 0 Å². The van der Waals surface area contributed by atoms with Crippen LogP contribution in [-0.2, 0) is 16.1 Å². The molecule has 0 amide bonds. The summed E-state index contributed by atoms with van der Waals surface area (Å²) in [4.78, 5) is 21.3. The van der Waals surface area contributed by atoms with Crippen LogP contribution in [0.15, 0.2) is 30.3 Å². The highest BCUT2D eigenvalue weighted by molar-refractivity contribution is 5.73. The first-order valence-electron chi connectivity index (χ1n) is 5.81. The summed E-state index contributed by atoms with van der Waals surface area (Å²) in [5, 5.41) is 20.4. The van der Waals surface area contributed by atoms with E-state index in [9.17, 15) is 9.59 Å². The Morgan fingerprint density at radius 2 is 1.83 bits per heavy atom. The molecular weight excluding hydrogens is 234 g/mol. The second-order valence-electron chi connectivity index (χ2n) is 4.04. The minimum Gasteiger partial charge on any atom is -0.481 e. The molecule has 0 aromatic heterocycles. The molecule has 3 N–H and O–H groups in total. The molecule has 0 heterocycles. The predicted molar refractivity (Wildman–Crippen MR) is 66.2 cm³/mol. The molecule has 0 fully saturated rings. The molecule has 0 bridgehead atoms. The van der Waals surface area contributed by atoms with Crippen molar-refractivity contribution in [2.24, 2.45) is 0 Å². The van der Waals surface area contributed by atoms with E-state index in [1.807, 2.05) is 30.3 Å². The zero-order valence-electron chi connectivity index (χ0n) is 10.0. The van der Waals surface area contributed by atoms with Crippen molar-refractivity contribution in [2.45, 2.75) is 31.8 Å². The molecule has 1 aromatic carbocycles. The van der Waals surface area contributed by atoms with Crippen molar-refractivity contribution in [1.29, 1.82) is 0 Å². The lowest BCUT2D eigenvalue weighted by atomic mass is 10.1. The van der Waals surface area contributed by atoms with E-state index in [4.69, 9.17) is 10.2 Å². The molecule has 5 nitrogen and oxygen atoms in total. The summed E-state index contributed by atoms with van der Waals surface area (Å²) < 4.78 is 0. The van der Waals surface area contributed by atoms with E-state index in [0.29, 0.717) is 19.4 Å². The Morgan fingerprint density at radius 3 is 2.39 bits per heavy atom. The van der Waals surface area contributed by atoms with Gasteiger partial charge in [-0.1, -0.05) is 30.3 Å². The van der Waals surface area contributed by atoms with Gasteiger partial charge in [0.25, 0.3) is 0 Å². The molecule has 1 atom stereocenters. The van der Waals surface area contributed by atoms with Gasteiger partial charge in [-0.3, -0.25) is 9.59 Å². The van der Waals surface area contributed by atoms with Crippen LogP contribution in [0.5, 0.6) is 0 Å². The summed E-state index contributed by atoms with van der Waals surface area (Å²) in [6.07, 6.45) is 0.666. The van der Waals surface area contributed by atoms with E-state index >= 15 is 0 Å². The van der Waals surface area contributed by atoms with Gasteiger partial charge >= 0.3 is 11.9 Å². The summed E-state index contributed by atoms with van der Waals surface area (Å²) >= 11 is 0. The number of carboxylic acid groups (broad SMARTS) is 2. The molecule has 18 heavy (non-hydrogen) atoms. The standard InChI is InChI=1S/C13H17NO4/c15-12(16)8-4-7-11(13(17)18)14-9-10-5-2-1-3-6-10/h1-3,5-6,11,14H,4,7-9H2,(H,15,16)(H,17,18)/t11-/m0/s1. The van der Waals surface area contributed by atoms with Crippen LogP contribution in [0.3, 0.4) is 0 Å². The lowest BCUT2D eigenvalue weighted by molar-refractivity contribution is -0.141. The fourth-order valence-corrected chi connectivity index (χ4v) is 1.61. The Labute approximate surface area is 105 Å². The van der Waals surface area contributed by atoms with E-state index in [1.54, 1.807) is 0 Å². The van der Waals surface area contributed by atoms with Crippen molar-refractivity contribution in [3.63, 3.8) is 0 Å². The number of carbonyl (C=O) groups is 2. The van der Waals surface area contributed by atoms with Gasteiger partial charge in [-0.25, -0.2) is 0 Å². The van der Waals surface area contributed by atoms with Gasteiger partial charge in [0.05, 0.1) is 0 Å². The van der Waals surface area contributed by atoms with Crippen LogP contribution >= 0.6 is 0 Å². The molecule has 0 radical (unpaired) electrons. The van der Waals surface area contributed by atoms with Gasteiger partial charge in [0.15, 0.2) is 0 Å². The highest BCUT2D eigenvalue weighted by Gasteiger charge is 2.16. The number of nitrogens with one attached hydrogen (secondary N) is 1. The van der Waals surface area contributed by atoms with Gasteiger partial charge in [0.1, 0.15) is 6.04 Å². The first kappa shape index (κ1) is 14.2. The van der Waals surface area contributed by atoms with Crippen molar-refractivity contribution in [1.82, 2.24) is 5.32 Å². The highest BCUT2D eigenvalue weighted by Crippen LogP contribution is 2.04. The predicted octanol–water partition coefficient (Wildman–Crippen LogP) is 1.48. The number of carboxylic acids is 2. The first-order valence-corrected chi connectivity index (χ1v) is 5.81. The zero-order chi connectivity index (χ0) is 13.4. The smallest absolute Gasteiger partial charge is 0.320 e. The summed E-state index contributed by atoms with van der Waals surface area (Å²) in [7, 11) is 0. The molecule has 1 aromatic rings. The largest absolute Gasteiger partial charge is 0.481 e. The SMILES string of the molecule is O=C(O)CCC[C@H](NCc1ccccc1)C(=O)O. The number of aliphatic carboxylic acids is 2. The fourth-order valence-electron chi connectivity index (χ4n) is 1.61. The van der Waals surface area contributed by atoms with Crippen LogP contribution < -0.4 is 5.32 Å². The maximum absolute atomic E-state index is 11.0. The Balaban J connectivity index is 2.38. The molecule has 0 aliphatic heterocycles. The number of hydrogen-bond acceptors (Lipinski definition) is 3. The molecule has 1 rings (SSSR count). The number of benzene rings is 1. The second-order valence-corrected chi connectivity index (χ2v) is 4.04. The first-order chi connectivity index (χ1) is 8.59. The monoisotopic (exact) mass is 251 g/mol. The lowest BCUT2D eigenvalue weighted by Gasteiger charge is -2.13. The van der Waals surface area contributed by atoms with Crippen LogP contribution in [0.25, 0.3) is 0 Å². The third kappa shape index (κ3) is 5.45. The van der Waals surface area contributed by atoms with Crippen LogP contribution in [0.4, 0.5) is 0 Å². The molecular formula is C13H17NO4. The third-order valence-corrected chi connectivity index (χ3v) is 2.58. The van der Waals surface area contributed by atoms with Gasteiger partial charge in [0.2, 0.25) is 0 Å². The van der Waals surface area contributed by atoms with Crippen molar-refractivity contribution in [2.75, 3.05) is 0 Å². The van der Waals surface area contributed by atoms with Gasteiger partial charge in [-0.05, 0) is 18.4 Å². The number of hydrogen-bond donors (Lipinski definition) is 3. The minimum atomic E-state index is -0.948. The molecule has 0 saturated carbocycles. The van der Waals surface area contributed by atoms with Crippen LogP contribution in [0.1, 0.15) is 24.8 Å². The quantitative estimate of drug-likeness (QED) is 0.651. The normalized spacial score (nSPS) is 12.0. The minimum absolute atomic E-state index is 0.00318. The molecule has 0 spiro atoms. The Hall–Kier alpha value is -1.88. The van der Waals surface area contributed by atoms with Crippen LogP contribution in [-0.4, -0.2) is 28.2 Å². The summed E-state index contributed by atoms with van der Waals surface area (Å²) in [5.74, 6) is -1.85. The average Bonchev–Trinajstić information content (AvgIpc) is 2.34. The molecule has 0 aliphatic rings. The van der Waals surface area contributed by atoms with Crippen LogP contribution in [0.2, 0.25) is 0 Å². The van der Waals surface area contributed by atoms with Crippen molar-refractivity contribution in [3.05, 3.63) is 35.9 Å². The second kappa shape index (κ2) is 7.45. The molecule has 0 unspecified atom stereocenters. The average molecular weight is 251 g/mol. The zero-order valence-corrected chi connectivity index (χ0v) is 10.0. The van der Waals surface area contributed by atoms with E-state index < -0.39 is 18.0 Å². The Morgan fingerprint density at radius 1 is 1.17 bits per heavy atom. The van der Waals surface area contributed by atoms with Gasteiger partial charge < -0.3 is 15.5 Å². The Bertz CT molecular complexity index is 391. The lowest BCUT2D eigenvalue weighted by Crippen LogP contribution is -2.36. The fraction of sp³-hybridized carbons (Fsp3) is 0.385. The Kier molecular flexibility index (Phi) is 5.87. The summed E-state index contributed by atoms with van der Waals surface area (Å²) in [6, 6.07) is 8.77. The van der Waals surface area contributed by atoms with E-state index in [2.05, 4.69) is 5.32 Å². The van der Waals surface area contributed by atoms with Crippen LogP contribution in [0, 0.1) is 0 Å². The molecule has 5 heteroatoms. The topological polar surface area (TPSA) is 86.6 Å². The summed E-state index contributed by atoms with van der Waals surface area (Å²) in [6.45, 7) is 0.463. The summed E-state index contributed by atoms with van der Waals surface area (Å²) in [5.41, 5.74) is 1.00. The maximum Gasteiger partial charge on any atom is 0.320 e. The van der Waals surface area contributed by atoms with E-state index in [0.717, 1.165) is 5.56 Å². The third-order valence-electron chi connectivity index (χ3n) is 2.58. The van der Waals surface area contributed by atoms with Crippen molar-refractivity contribution in [3.8, 4) is 0 Å². The highest BCUT2D eigenvalue weighted by atomic mass is 16.4. The van der Waals surface area contributed by atoms with Gasteiger partial charge in [-0.2, -0.15) is 0 Å². The van der Waals surface area contributed by atoms with Crippen molar-refractivity contribution >= 4 is 11.9 Å². The molecule has 98 valence electrons.